The third kappa shape index (κ3) is 3.20. The molecule has 1 aliphatic rings. The molecule has 1 aliphatic carbocycles. The summed E-state index contributed by atoms with van der Waals surface area (Å²) in [5, 5.41) is 8.23. The average Bonchev–Trinajstić information content (AvgIpc) is 3.45. The summed E-state index contributed by atoms with van der Waals surface area (Å²) in [4.78, 5) is 31.7. The highest BCUT2D eigenvalue weighted by atomic mass is 16.2. The van der Waals surface area contributed by atoms with Gasteiger partial charge in [0.2, 0.25) is 0 Å². The molecule has 1 fully saturated rings. The van der Waals surface area contributed by atoms with Crippen LogP contribution in [0.2, 0.25) is 0 Å². The van der Waals surface area contributed by atoms with E-state index in [1.807, 2.05) is 43.3 Å². The summed E-state index contributed by atoms with van der Waals surface area (Å²) in [6, 6.07) is 15.4. The summed E-state index contributed by atoms with van der Waals surface area (Å²) in [5.74, 6) is -0.0963. The molecule has 0 aliphatic heterocycles. The zero-order chi connectivity index (χ0) is 20.0. The number of carbonyl (C=O) groups excluding carboxylic acids is 1. The maximum atomic E-state index is 12.5. The number of amides is 1. The molecule has 0 saturated heterocycles. The van der Waals surface area contributed by atoms with Gasteiger partial charge in [0, 0.05) is 11.6 Å². The predicted molar refractivity (Wildman–Crippen MR) is 110 cm³/mol. The summed E-state index contributed by atoms with van der Waals surface area (Å²) >= 11 is 0. The average molecular weight is 385 g/mol. The molecule has 5 rings (SSSR count). The van der Waals surface area contributed by atoms with E-state index in [0.29, 0.717) is 16.9 Å². The van der Waals surface area contributed by atoms with Gasteiger partial charge in [-0.3, -0.25) is 4.79 Å². The fourth-order valence-corrected chi connectivity index (χ4v) is 3.41. The number of rotatable bonds is 4. The summed E-state index contributed by atoms with van der Waals surface area (Å²) in [7, 11) is 0. The molecule has 0 radical (unpaired) electrons. The summed E-state index contributed by atoms with van der Waals surface area (Å²) < 4.78 is 1.63. The number of H-pyrrole nitrogens is 1. The second-order valence-corrected chi connectivity index (χ2v) is 7.33. The van der Waals surface area contributed by atoms with Crippen LogP contribution >= 0.6 is 0 Å². The monoisotopic (exact) mass is 385 g/mol. The van der Waals surface area contributed by atoms with E-state index >= 15 is 0 Å². The molecule has 4 aromatic rings. The van der Waals surface area contributed by atoms with Gasteiger partial charge in [-0.05, 0) is 43.0 Å². The highest BCUT2D eigenvalue weighted by Crippen LogP contribution is 2.27. The largest absolute Gasteiger partial charge is 0.349 e. The van der Waals surface area contributed by atoms with E-state index in [4.69, 9.17) is 0 Å². The van der Waals surface area contributed by atoms with Gasteiger partial charge in [-0.1, -0.05) is 36.4 Å². The maximum absolute atomic E-state index is 12.5. The molecular formula is C22H19N5O2. The highest BCUT2D eigenvalue weighted by Gasteiger charge is 2.24. The van der Waals surface area contributed by atoms with Crippen molar-refractivity contribution in [3.05, 3.63) is 76.3 Å². The zero-order valence-corrected chi connectivity index (χ0v) is 15.8. The molecule has 144 valence electrons. The topological polar surface area (TPSA) is 92.7 Å². The van der Waals surface area contributed by atoms with Crippen molar-refractivity contribution in [1.82, 2.24) is 25.1 Å². The Labute approximate surface area is 166 Å². The van der Waals surface area contributed by atoms with Crippen LogP contribution in [0.4, 0.5) is 0 Å². The molecule has 2 N–H and O–H groups in total. The first-order valence-corrected chi connectivity index (χ1v) is 9.55. The second-order valence-electron chi connectivity index (χ2n) is 7.33. The molecule has 0 atom stereocenters. The van der Waals surface area contributed by atoms with Crippen LogP contribution in [0.1, 0.15) is 28.8 Å². The van der Waals surface area contributed by atoms with Gasteiger partial charge in [0.15, 0.2) is 5.65 Å². The normalized spacial score (nSPS) is 13.6. The van der Waals surface area contributed by atoms with E-state index in [-0.39, 0.29) is 11.9 Å². The molecule has 2 aromatic heterocycles. The smallest absolute Gasteiger partial charge is 0.347 e. The molecule has 1 amide bonds. The Balaban J connectivity index is 1.65. The number of aryl methyl sites for hydroxylation is 1. The van der Waals surface area contributed by atoms with Crippen LogP contribution < -0.4 is 11.0 Å². The van der Waals surface area contributed by atoms with Crippen LogP contribution in [0.15, 0.2) is 59.5 Å². The van der Waals surface area contributed by atoms with Gasteiger partial charge in [-0.2, -0.15) is 10.1 Å². The Hall–Kier alpha value is -3.74. The Kier molecular flexibility index (Phi) is 4.01. The van der Waals surface area contributed by atoms with Crippen molar-refractivity contribution in [3.8, 4) is 16.9 Å². The number of carbonyl (C=O) groups is 1. The van der Waals surface area contributed by atoms with E-state index in [0.717, 1.165) is 35.0 Å². The zero-order valence-electron chi connectivity index (χ0n) is 15.8. The maximum Gasteiger partial charge on any atom is 0.347 e. The highest BCUT2D eigenvalue weighted by molar-refractivity contribution is 5.96. The minimum atomic E-state index is -0.446. The van der Waals surface area contributed by atoms with Crippen molar-refractivity contribution >= 4 is 16.9 Å². The molecule has 7 heteroatoms. The van der Waals surface area contributed by atoms with Gasteiger partial charge in [-0.25, -0.2) is 9.48 Å². The van der Waals surface area contributed by atoms with Crippen LogP contribution in [0, 0.1) is 6.92 Å². The minimum absolute atomic E-state index is 0.0963. The third-order valence-electron chi connectivity index (χ3n) is 5.13. The molecular weight excluding hydrogens is 366 g/mol. The van der Waals surface area contributed by atoms with Crippen LogP contribution in [-0.4, -0.2) is 31.7 Å². The number of nitrogens with zero attached hydrogens (tertiary/aromatic N) is 3. The lowest BCUT2D eigenvalue weighted by Crippen LogP contribution is -2.25. The van der Waals surface area contributed by atoms with E-state index < -0.39 is 5.69 Å². The lowest BCUT2D eigenvalue weighted by atomic mass is 10.1. The molecule has 29 heavy (non-hydrogen) atoms. The Morgan fingerprint density at radius 1 is 1.17 bits per heavy atom. The first kappa shape index (κ1) is 17.4. The van der Waals surface area contributed by atoms with Gasteiger partial charge < -0.3 is 10.3 Å². The fraction of sp³-hybridized carbons (Fsp3) is 0.182. The van der Waals surface area contributed by atoms with Crippen LogP contribution in [-0.2, 0) is 0 Å². The lowest BCUT2D eigenvalue weighted by Gasteiger charge is -2.10. The SMILES string of the molecule is Cc1ccc(C(=O)NC2CC2)cc1-n1ncc2c(-c3ccccc3)[nH]c(=O)nc21. The molecule has 0 spiro atoms. The standard InChI is InChI=1S/C22H19N5O2/c1-13-7-8-15(21(28)24-16-9-10-16)11-18(13)27-20-17(12-23-27)19(25-22(29)26-20)14-5-3-2-4-6-14/h2-8,11-12,16H,9-10H2,1H3,(H,24,28)(H,25,26,29). The number of nitrogens with one attached hydrogen (secondary N) is 2. The van der Waals surface area contributed by atoms with Crippen molar-refractivity contribution in [1.29, 1.82) is 0 Å². The predicted octanol–water partition coefficient (Wildman–Crippen LogP) is 2.98. The van der Waals surface area contributed by atoms with Gasteiger partial charge in [0.25, 0.3) is 5.91 Å². The van der Waals surface area contributed by atoms with Gasteiger partial charge in [0.1, 0.15) is 0 Å². The van der Waals surface area contributed by atoms with Crippen LogP contribution in [0.3, 0.4) is 0 Å². The Morgan fingerprint density at radius 2 is 1.97 bits per heavy atom. The molecule has 0 unspecified atom stereocenters. The number of fused-ring (bicyclic) bond motifs is 1. The quantitative estimate of drug-likeness (QED) is 0.565. The molecule has 1 saturated carbocycles. The number of aromatic amines is 1. The van der Waals surface area contributed by atoms with E-state index in [2.05, 4.69) is 20.4 Å². The number of benzene rings is 2. The van der Waals surface area contributed by atoms with Crippen molar-refractivity contribution < 1.29 is 4.79 Å². The first-order valence-electron chi connectivity index (χ1n) is 9.55. The van der Waals surface area contributed by atoms with E-state index in [1.54, 1.807) is 23.0 Å². The molecule has 0 bridgehead atoms. The van der Waals surface area contributed by atoms with Crippen molar-refractivity contribution in [2.24, 2.45) is 0 Å². The van der Waals surface area contributed by atoms with Gasteiger partial charge >= 0.3 is 5.69 Å². The van der Waals surface area contributed by atoms with Crippen molar-refractivity contribution in [3.63, 3.8) is 0 Å². The number of aromatic nitrogens is 4. The summed E-state index contributed by atoms with van der Waals surface area (Å²) in [6.45, 7) is 1.94. The van der Waals surface area contributed by atoms with Crippen LogP contribution in [0.5, 0.6) is 0 Å². The fourth-order valence-electron chi connectivity index (χ4n) is 3.41. The van der Waals surface area contributed by atoms with E-state index in [1.165, 1.54) is 0 Å². The number of hydrogen-bond donors (Lipinski definition) is 2. The first-order chi connectivity index (χ1) is 14.1. The van der Waals surface area contributed by atoms with Crippen LogP contribution in [0.25, 0.3) is 28.0 Å². The lowest BCUT2D eigenvalue weighted by molar-refractivity contribution is 0.0951. The van der Waals surface area contributed by atoms with Crippen molar-refractivity contribution in [2.75, 3.05) is 0 Å². The third-order valence-corrected chi connectivity index (χ3v) is 5.13. The minimum Gasteiger partial charge on any atom is -0.349 e. The van der Waals surface area contributed by atoms with E-state index in [9.17, 15) is 9.59 Å². The summed E-state index contributed by atoms with van der Waals surface area (Å²) in [5.41, 5.74) is 3.78. The van der Waals surface area contributed by atoms with Gasteiger partial charge in [0.05, 0.1) is 23.0 Å². The Morgan fingerprint density at radius 3 is 2.72 bits per heavy atom. The van der Waals surface area contributed by atoms with Crippen molar-refractivity contribution in [2.45, 2.75) is 25.8 Å². The molecule has 2 heterocycles. The summed E-state index contributed by atoms with van der Waals surface area (Å²) in [6.07, 6.45) is 3.75. The Bertz CT molecular complexity index is 1290. The second kappa shape index (κ2) is 6.70. The number of hydrogen-bond acceptors (Lipinski definition) is 4. The molecule has 2 aromatic carbocycles. The molecule has 7 nitrogen and oxygen atoms in total. The van der Waals surface area contributed by atoms with Gasteiger partial charge in [-0.15, -0.1) is 0 Å².